The molecule has 8 nitrogen and oxygen atoms in total. The summed E-state index contributed by atoms with van der Waals surface area (Å²) < 4.78 is 27.4. The van der Waals surface area contributed by atoms with Gasteiger partial charge in [0, 0.05) is 50.5 Å². The molecule has 2 aromatic carbocycles. The average molecular weight is 485 g/mol. The molecule has 2 heterocycles. The van der Waals surface area contributed by atoms with E-state index in [1.807, 2.05) is 31.2 Å². The van der Waals surface area contributed by atoms with Crippen LogP contribution in [0, 0.1) is 12.8 Å². The first-order chi connectivity index (χ1) is 16.2. The van der Waals surface area contributed by atoms with Crippen molar-refractivity contribution in [1.29, 1.82) is 0 Å². The Bertz CT molecular complexity index is 1130. The van der Waals surface area contributed by atoms with Crippen LogP contribution in [0.5, 0.6) is 0 Å². The number of nitrogens with one attached hydrogen (secondary N) is 1. The smallest absolute Gasteiger partial charge is 0.321 e. The van der Waals surface area contributed by atoms with Crippen LogP contribution in [0.15, 0.2) is 53.4 Å². The molecule has 0 unspecified atom stereocenters. The van der Waals surface area contributed by atoms with E-state index in [0.29, 0.717) is 50.7 Å². The summed E-state index contributed by atoms with van der Waals surface area (Å²) in [6.07, 6.45) is 1.73. The first-order valence-electron chi connectivity index (χ1n) is 11.8. The molecule has 2 fully saturated rings. The second kappa shape index (κ2) is 10.1. The third-order valence-corrected chi connectivity index (χ3v) is 8.52. The Kier molecular flexibility index (Phi) is 7.23. The summed E-state index contributed by atoms with van der Waals surface area (Å²) in [6, 6.07) is 13.6. The quantitative estimate of drug-likeness (QED) is 0.720. The molecule has 0 radical (unpaired) electrons. The van der Waals surface area contributed by atoms with Crippen LogP contribution in [0.4, 0.5) is 10.5 Å². The van der Waals surface area contributed by atoms with Gasteiger partial charge in [0.05, 0.1) is 4.90 Å². The lowest BCUT2D eigenvalue weighted by Crippen LogP contribution is -2.51. The summed E-state index contributed by atoms with van der Waals surface area (Å²) in [5.74, 6) is 0.384. The molecule has 4 rings (SSSR count). The highest BCUT2D eigenvalue weighted by atomic mass is 32.2. The summed E-state index contributed by atoms with van der Waals surface area (Å²) in [5.41, 5.74) is 2.26. The number of rotatable bonds is 4. The molecule has 3 amide bonds. The number of carbonyl (C=O) groups excluding carboxylic acids is 2. The predicted molar refractivity (Wildman–Crippen MR) is 131 cm³/mol. The largest absolute Gasteiger partial charge is 0.335 e. The topological polar surface area (TPSA) is 90.0 Å². The summed E-state index contributed by atoms with van der Waals surface area (Å²) >= 11 is 0. The number of sulfonamides is 1. The van der Waals surface area contributed by atoms with Gasteiger partial charge in [0.15, 0.2) is 0 Å². The van der Waals surface area contributed by atoms with Gasteiger partial charge in [0.25, 0.3) is 5.91 Å². The molecule has 2 aliphatic rings. The highest BCUT2D eigenvalue weighted by Crippen LogP contribution is 2.24. The fourth-order valence-electron chi connectivity index (χ4n) is 4.36. The van der Waals surface area contributed by atoms with Crippen LogP contribution in [0.3, 0.4) is 0 Å². The number of carbonyl (C=O) groups is 2. The molecule has 182 valence electrons. The van der Waals surface area contributed by atoms with Crippen LogP contribution in [-0.4, -0.2) is 73.7 Å². The van der Waals surface area contributed by atoms with Crippen molar-refractivity contribution in [3.05, 3.63) is 59.7 Å². The Morgan fingerprint density at radius 2 is 1.50 bits per heavy atom. The number of piperazine rings is 1. The molecule has 0 aliphatic carbocycles. The maximum atomic E-state index is 13.0. The highest BCUT2D eigenvalue weighted by Gasteiger charge is 2.29. The summed E-state index contributed by atoms with van der Waals surface area (Å²) in [5, 5.41) is 2.90. The van der Waals surface area contributed by atoms with E-state index in [2.05, 4.69) is 12.2 Å². The fraction of sp³-hybridized carbons (Fsp3) is 0.440. The average Bonchev–Trinajstić information content (AvgIpc) is 2.84. The van der Waals surface area contributed by atoms with Crippen LogP contribution < -0.4 is 5.32 Å². The molecular weight excluding hydrogens is 452 g/mol. The Hall–Kier alpha value is -2.91. The fourth-order valence-corrected chi connectivity index (χ4v) is 5.83. The van der Waals surface area contributed by atoms with E-state index < -0.39 is 10.0 Å². The minimum Gasteiger partial charge on any atom is -0.335 e. The number of urea groups is 1. The van der Waals surface area contributed by atoms with Gasteiger partial charge in [-0.15, -0.1) is 0 Å². The van der Waals surface area contributed by atoms with E-state index in [1.165, 1.54) is 16.4 Å². The Morgan fingerprint density at radius 1 is 0.882 bits per heavy atom. The molecule has 2 aliphatic heterocycles. The standard InChI is InChI=1S/C25H32N4O4S/c1-19-10-12-29(13-11-19)34(32,33)23-8-6-21(7-9-23)24(30)27-14-16-28(17-15-27)25(31)26-22-5-3-4-20(2)18-22/h3-9,18-19H,10-17H2,1-2H3,(H,26,31). The van der Waals surface area contributed by atoms with E-state index in [9.17, 15) is 18.0 Å². The second-order valence-electron chi connectivity index (χ2n) is 9.19. The minimum atomic E-state index is -3.54. The lowest BCUT2D eigenvalue weighted by molar-refractivity contribution is 0.0671. The number of amides is 3. The Balaban J connectivity index is 1.33. The van der Waals surface area contributed by atoms with Gasteiger partial charge in [0.2, 0.25) is 10.0 Å². The van der Waals surface area contributed by atoms with Crippen molar-refractivity contribution in [1.82, 2.24) is 14.1 Å². The van der Waals surface area contributed by atoms with Crippen molar-refractivity contribution < 1.29 is 18.0 Å². The number of anilines is 1. The third-order valence-electron chi connectivity index (χ3n) is 6.61. The van der Waals surface area contributed by atoms with Gasteiger partial charge in [-0.2, -0.15) is 4.31 Å². The molecule has 9 heteroatoms. The molecule has 34 heavy (non-hydrogen) atoms. The Morgan fingerprint density at radius 3 is 2.12 bits per heavy atom. The van der Waals surface area contributed by atoms with Gasteiger partial charge in [-0.25, -0.2) is 13.2 Å². The predicted octanol–water partition coefficient (Wildman–Crippen LogP) is 3.41. The maximum Gasteiger partial charge on any atom is 0.321 e. The monoisotopic (exact) mass is 484 g/mol. The van der Waals surface area contributed by atoms with Gasteiger partial charge in [-0.1, -0.05) is 19.1 Å². The molecular formula is C25H32N4O4S. The van der Waals surface area contributed by atoms with Crippen molar-refractivity contribution >= 4 is 27.6 Å². The van der Waals surface area contributed by atoms with Crippen molar-refractivity contribution in [2.45, 2.75) is 31.6 Å². The number of aryl methyl sites for hydroxylation is 1. The van der Waals surface area contributed by atoms with Gasteiger partial charge in [-0.05, 0) is 67.6 Å². The molecule has 0 atom stereocenters. The van der Waals surface area contributed by atoms with E-state index in [4.69, 9.17) is 0 Å². The maximum absolute atomic E-state index is 13.0. The van der Waals surface area contributed by atoms with Crippen LogP contribution in [-0.2, 0) is 10.0 Å². The van der Waals surface area contributed by atoms with E-state index in [-0.39, 0.29) is 16.8 Å². The molecule has 2 saturated heterocycles. The first-order valence-corrected chi connectivity index (χ1v) is 13.2. The summed E-state index contributed by atoms with van der Waals surface area (Å²) in [7, 11) is -3.54. The molecule has 2 aromatic rings. The Labute approximate surface area is 201 Å². The minimum absolute atomic E-state index is 0.158. The SMILES string of the molecule is Cc1cccc(NC(=O)N2CCN(C(=O)c3ccc(S(=O)(=O)N4CCC(C)CC4)cc3)CC2)c1. The molecule has 0 bridgehead atoms. The number of hydrogen-bond acceptors (Lipinski definition) is 4. The van der Waals surface area contributed by atoms with Crippen LogP contribution in [0.2, 0.25) is 0 Å². The summed E-state index contributed by atoms with van der Waals surface area (Å²) in [4.78, 5) is 29.1. The zero-order valence-corrected chi connectivity index (χ0v) is 20.6. The van der Waals surface area contributed by atoms with Crippen molar-refractivity contribution in [2.75, 3.05) is 44.6 Å². The highest BCUT2D eigenvalue weighted by molar-refractivity contribution is 7.89. The number of piperidine rings is 1. The van der Waals surface area contributed by atoms with Crippen LogP contribution in [0.25, 0.3) is 0 Å². The van der Waals surface area contributed by atoms with Crippen LogP contribution in [0.1, 0.15) is 35.7 Å². The zero-order chi connectivity index (χ0) is 24.3. The van der Waals surface area contributed by atoms with Crippen molar-refractivity contribution in [3.8, 4) is 0 Å². The zero-order valence-electron chi connectivity index (χ0n) is 19.7. The molecule has 0 spiro atoms. The van der Waals surface area contributed by atoms with Crippen molar-refractivity contribution in [3.63, 3.8) is 0 Å². The lowest BCUT2D eigenvalue weighted by atomic mass is 10.0. The summed E-state index contributed by atoms with van der Waals surface area (Å²) in [6.45, 7) is 6.89. The van der Waals surface area contributed by atoms with Crippen molar-refractivity contribution in [2.24, 2.45) is 5.92 Å². The van der Waals surface area contributed by atoms with Gasteiger partial charge < -0.3 is 15.1 Å². The molecule has 0 aromatic heterocycles. The number of hydrogen-bond donors (Lipinski definition) is 1. The lowest BCUT2D eigenvalue weighted by Gasteiger charge is -2.34. The van der Waals surface area contributed by atoms with Crippen LogP contribution >= 0.6 is 0 Å². The first kappa shape index (κ1) is 24.2. The van der Waals surface area contributed by atoms with Gasteiger partial charge in [-0.3, -0.25) is 4.79 Å². The van der Waals surface area contributed by atoms with E-state index >= 15 is 0 Å². The number of benzene rings is 2. The van der Waals surface area contributed by atoms with E-state index in [1.54, 1.807) is 21.9 Å². The van der Waals surface area contributed by atoms with Gasteiger partial charge in [0.1, 0.15) is 0 Å². The van der Waals surface area contributed by atoms with E-state index in [0.717, 1.165) is 24.1 Å². The normalized spacial score (nSPS) is 18.1. The number of nitrogens with zero attached hydrogens (tertiary/aromatic N) is 3. The van der Waals surface area contributed by atoms with Gasteiger partial charge >= 0.3 is 6.03 Å². The third kappa shape index (κ3) is 5.42. The molecule has 0 saturated carbocycles. The molecule has 1 N–H and O–H groups in total. The second-order valence-corrected chi connectivity index (χ2v) is 11.1.